The summed E-state index contributed by atoms with van der Waals surface area (Å²) in [6.45, 7) is 0. The molecule has 0 atom stereocenters. The SMILES string of the molecule is Cn1cc(-c2cnc(NNC(=O)Cc3ccc4ncccc4c3)nn2)cn1. The minimum absolute atomic E-state index is 0.207. The topological polar surface area (TPSA) is 111 Å². The molecule has 1 aromatic carbocycles. The van der Waals surface area contributed by atoms with Crippen LogP contribution in [0.5, 0.6) is 0 Å². The van der Waals surface area contributed by atoms with Crippen LogP contribution in [-0.4, -0.2) is 35.9 Å². The zero-order valence-corrected chi connectivity index (χ0v) is 14.5. The quantitative estimate of drug-likeness (QED) is 0.519. The monoisotopic (exact) mass is 360 g/mol. The first-order valence-corrected chi connectivity index (χ1v) is 8.25. The van der Waals surface area contributed by atoms with Crippen molar-refractivity contribution in [2.45, 2.75) is 6.42 Å². The van der Waals surface area contributed by atoms with E-state index in [1.165, 1.54) is 0 Å². The largest absolute Gasteiger partial charge is 0.275 e. The van der Waals surface area contributed by atoms with Crippen molar-refractivity contribution in [1.82, 2.24) is 35.4 Å². The summed E-state index contributed by atoms with van der Waals surface area (Å²) in [6.07, 6.45) is 7.03. The number of anilines is 1. The van der Waals surface area contributed by atoms with Crippen LogP contribution in [0.1, 0.15) is 5.56 Å². The number of aryl methyl sites for hydroxylation is 1. The van der Waals surface area contributed by atoms with Gasteiger partial charge in [-0.3, -0.25) is 25.3 Å². The van der Waals surface area contributed by atoms with Gasteiger partial charge in [0.15, 0.2) is 0 Å². The van der Waals surface area contributed by atoms with Crippen molar-refractivity contribution >= 4 is 22.8 Å². The lowest BCUT2D eigenvalue weighted by Crippen LogP contribution is -2.31. The summed E-state index contributed by atoms with van der Waals surface area (Å²) in [5, 5.41) is 13.1. The van der Waals surface area contributed by atoms with Gasteiger partial charge in [0, 0.05) is 30.4 Å². The Labute approximate surface area is 154 Å². The molecule has 0 saturated heterocycles. The van der Waals surface area contributed by atoms with Crippen LogP contribution in [0.3, 0.4) is 0 Å². The van der Waals surface area contributed by atoms with Crippen molar-refractivity contribution in [1.29, 1.82) is 0 Å². The summed E-state index contributed by atoms with van der Waals surface area (Å²) < 4.78 is 1.67. The van der Waals surface area contributed by atoms with E-state index >= 15 is 0 Å². The van der Waals surface area contributed by atoms with Gasteiger partial charge in [0.05, 0.1) is 24.3 Å². The fourth-order valence-corrected chi connectivity index (χ4v) is 2.61. The number of pyridine rings is 1. The number of hydrogen-bond acceptors (Lipinski definition) is 7. The number of hydrogen-bond donors (Lipinski definition) is 2. The van der Waals surface area contributed by atoms with Crippen molar-refractivity contribution < 1.29 is 4.79 Å². The molecule has 27 heavy (non-hydrogen) atoms. The Morgan fingerprint density at radius 2 is 2.07 bits per heavy atom. The maximum absolute atomic E-state index is 12.1. The molecule has 4 rings (SSSR count). The summed E-state index contributed by atoms with van der Waals surface area (Å²) >= 11 is 0. The highest BCUT2D eigenvalue weighted by atomic mass is 16.2. The van der Waals surface area contributed by atoms with Crippen LogP contribution in [0.4, 0.5) is 5.95 Å². The fraction of sp³-hybridized carbons (Fsp3) is 0.111. The predicted octanol–water partition coefficient (Wildman–Crippen LogP) is 1.51. The molecule has 0 saturated carbocycles. The van der Waals surface area contributed by atoms with E-state index < -0.39 is 0 Å². The molecular formula is C18H16N8O. The number of fused-ring (bicyclic) bond motifs is 1. The smallest absolute Gasteiger partial charge is 0.261 e. The molecule has 134 valence electrons. The molecule has 0 spiro atoms. The third-order valence-electron chi connectivity index (χ3n) is 3.91. The highest BCUT2D eigenvalue weighted by Crippen LogP contribution is 2.14. The highest BCUT2D eigenvalue weighted by Gasteiger charge is 2.07. The average molecular weight is 360 g/mol. The minimum Gasteiger partial charge on any atom is -0.275 e. The van der Waals surface area contributed by atoms with E-state index in [9.17, 15) is 4.79 Å². The number of benzene rings is 1. The van der Waals surface area contributed by atoms with Crippen molar-refractivity contribution in [3.05, 3.63) is 60.7 Å². The second kappa shape index (κ2) is 7.16. The van der Waals surface area contributed by atoms with Crippen LogP contribution in [-0.2, 0) is 18.3 Å². The first-order valence-electron chi connectivity index (χ1n) is 8.25. The van der Waals surface area contributed by atoms with E-state index in [0.29, 0.717) is 5.69 Å². The van der Waals surface area contributed by atoms with E-state index in [-0.39, 0.29) is 18.3 Å². The minimum atomic E-state index is -0.210. The molecule has 9 heteroatoms. The van der Waals surface area contributed by atoms with Crippen molar-refractivity contribution in [3.63, 3.8) is 0 Å². The van der Waals surface area contributed by atoms with Gasteiger partial charge in [-0.25, -0.2) is 4.98 Å². The molecule has 3 heterocycles. The van der Waals surface area contributed by atoms with Gasteiger partial charge in [0.2, 0.25) is 5.91 Å². The molecule has 4 aromatic rings. The lowest BCUT2D eigenvalue weighted by atomic mass is 10.1. The Kier molecular flexibility index (Phi) is 4.40. The van der Waals surface area contributed by atoms with Crippen LogP contribution < -0.4 is 10.9 Å². The summed E-state index contributed by atoms with van der Waals surface area (Å²) in [7, 11) is 1.82. The zero-order valence-electron chi connectivity index (χ0n) is 14.5. The molecule has 9 nitrogen and oxygen atoms in total. The molecule has 0 aliphatic carbocycles. The Morgan fingerprint density at radius 1 is 1.15 bits per heavy atom. The van der Waals surface area contributed by atoms with Crippen LogP contribution in [0.15, 0.2) is 55.1 Å². The Hall–Kier alpha value is -3.88. The Morgan fingerprint density at radius 3 is 2.85 bits per heavy atom. The molecule has 2 N–H and O–H groups in total. The van der Waals surface area contributed by atoms with Gasteiger partial charge in [-0.05, 0) is 23.8 Å². The van der Waals surface area contributed by atoms with Gasteiger partial charge < -0.3 is 0 Å². The second-order valence-corrected chi connectivity index (χ2v) is 5.95. The van der Waals surface area contributed by atoms with Gasteiger partial charge in [-0.2, -0.15) is 5.10 Å². The third kappa shape index (κ3) is 3.87. The summed E-state index contributed by atoms with van der Waals surface area (Å²) in [6, 6.07) is 9.56. The van der Waals surface area contributed by atoms with E-state index in [1.807, 2.05) is 43.6 Å². The molecule has 0 fully saturated rings. The number of amides is 1. The van der Waals surface area contributed by atoms with Crippen molar-refractivity contribution in [2.24, 2.45) is 7.05 Å². The van der Waals surface area contributed by atoms with E-state index in [2.05, 4.69) is 36.1 Å². The van der Waals surface area contributed by atoms with Gasteiger partial charge >= 0.3 is 0 Å². The molecule has 0 unspecified atom stereocenters. The Balaban J connectivity index is 1.35. The lowest BCUT2D eigenvalue weighted by molar-refractivity contribution is -0.119. The molecule has 0 radical (unpaired) electrons. The van der Waals surface area contributed by atoms with E-state index in [0.717, 1.165) is 22.0 Å². The zero-order chi connectivity index (χ0) is 18.6. The van der Waals surface area contributed by atoms with Crippen LogP contribution in [0.2, 0.25) is 0 Å². The number of hydrazine groups is 1. The number of rotatable bonds is 5. The molecule has 0 aliphatic heterocycles. The maximum Gasteiger partial charge on any atom is 0.261 e. The third-order valence-corrected chi connectivity index (χ3v) is 3.91. The van der Waals surface area contributed by atoms with Gasteiger partial charge in [0.25, 0.3) is 5.95 Å². The first kappa shape index (κ1) is 16.6. The summed E-state index contributed by atoms with van der Waals surface area (Å²) in [4.78, 5) is 20.5. The number of nitrogens with one attached hydrogen (secondary N) is 2. The van der Waals surface area contributed by atoms with Gasteiger partial charge in [0.1, 0.15) is 5.69 Å². The summed E-state index contributed by atoms with van der Waals surface area (Å²) in [5.41, 5.74) is 8.45. The number of carbonyl (C=O) groups is 1. The predicted molar refractivity (Wildman–Crippen MR) is 99.2 cm³/mol. The van der Waals surface area contributed by atoms with Crippen LogP contribution >= 0.6 is 0 Å². The summed E-state index contributed by atoms with van der Waals surface area (Å²) in [5.74, 6) is -0.00289. The van der Waals surface area contributed by atoms with E-state index in [4.69, 9.17) is 0 Å². The molecule has 3 aromatic heterocycles. The maximum atomic E-state index is 12.1. The second-order valence-electron chi connectivity index (χ2n) is 5.95. The van der Waals surface area contributed by atoms with E-state index in [1.54, 1.807) is 23.3 Å². The lowest BCUT2D eigenvalue weighted by Gasteiger charge is -2.07. The van der Waals surface area contributed by atoms with Gasteiger partial charge in [-0.15, -0.1) is 10.2 Å². The number of aromatic nitrogens is 6. The van der Waals surface area contributed by atoms with Crippen molar-refractivity contribution in [2.75, 3.05) is 5.43 Å². The highest BCUT2D eigenvalue weighted by molar-refractivity contribution is 5.83. The van der Waals surface area contributed by atoms with Gasteiger partial charge in [-0.1, -0.05) is 12.1 Å². The van der Waals surface area contributed by atoms with Crippen LogP contribution in [0.25, 0.3) is 22.2 Å². The standard InChI is InChI=1S/C18H16N8O/c1-26-11-14(9-21-26)16-10-20-18(24-22-16)25-23-17(27)8-12-4-5-15-13(7-12)3-2-6-19-15/h2-7,9-11H,8H2,1H3,(H,23,27)(H,20,24,25). The molecule has 1 amide bonds. The van der Waals surface area contributed by atoms with Crippen LogP contribution in [0, 0.1) is 0 Å². The molecular weight excluding hydrogens is 344 g/mol. The average Bonchev–Trinajstić information content (AvgIpc) is 3.13. The normalized spacial score (nSPS) is 10.7. The van der Waals surface area contributed by atoms with Crippen molar-refractivity contribution in [3.8, 4) is 11.3 Å². The number of carbonyl (C=O) groups excluding carboxylic acids is 1. The Bertz CT molecular complexity index is 1090. The fourth-order valence-electron chi connectivity index (χ4n) is 2.61. The number of nitrogens with zero attached hydrogens (tertiary/aromatic N) is 6. The first-order chi connectivity index (χ1) is 13.2. The molecule has 0 bridgehead atoms. The molecule has 0 aliphatic rings.